The van der Waals surface area contributed by atoms with Crippen molar-refractivity contribution >= 4 is 22.5 Å². The van der Waals surface area contributed by atoms with Crippen molar-refractivity contribution in [2.24, 2.45) is 0 Å². The summed E-state index contributed by atoms with van der Waals surface area (Å²) in [7, 11) is 0. The van der Waals surface area contributed by atoms with Crippen molar-refractivity contribution in [3.63, 3.8) is 0 Å². The molecule has 0 bridgehead atoms. The second-order valence-electron chi connectivity index (χ2n) is 9.80. The summed E-state index contributed by atoms with van der Waals surface area (Å²) in [5.74, 6) is 0.400. The Morgan fingerprint density at radius 1 is 1.03 bits per heavy atom. The molecule has 0 spiro atoms. The van der Waals surface area contributed by atoms with Gasteiger partial charge in [0.25, 0.3) is 0 Å². The number of hydrogen-bond acceptors (Lipinski definition) is 7. The van der Waals surface area contributed by atoms with Crippen molar-refractivity contribution in [3.8, 4) is 17.0 Å². The molecule has 0 atom stereocenters. The fourth-order valence-electron chi connectivity index (χ4n) is 5.08. The number of ether oxygens (including phenoxy) is 1. The summed E-state index contributed by atoms with van der Waals surface area (Å²) in [5, 5.41) is 4.35. The molecular formula is C28H29F2N5O2. The number of piperazine rings is 1. The number of benzene rings is 2. The smallest absolute Gasteiger partial charge is 0.196 e. The van der Waals surface area contributed by atoms with Gasteiger partial charge < -0.3 is 24.3 Å². The van der Waals surface area contributed by atoms with E-state index in [2.05, 4.69) is 31.2 Å². The van der Waals surface area contributed by atoms with E-state index in [0.29, 0.717) is 36.6 Å². The number of nitrogens with one attached hydrogen (secondary N) is 1. The van der Waals surface area contributed by atoms with Gasteiger partial charge in [0.15, 0.2) is 23.3 Å². The maximum absolute atomic E-state index is 15.0. The lowest BCUT2D eigenvalue weighted by atomic mass is 10.1. The number of furan rings is 1. The number of aromatic nitrogens is 2. The fourth-order valence-corrected chi connectivity index (χ4v) is 5.08. The van der Waals surface area contributed by atoms with Crippen LogP contribution in [0.2, 0.25) is 0 Å². The first-order chi connectivity index (χ1) is 18.0. The molecule has 37 heavy (non-hydrogen) atoms. The van der Waals surface area contributed by atoms with Gasteiger partial charge in [-0.3, -0.25) is 0 Å². The van der Waals surface area contributed by atoms with E-state index < -0.39 is 11.6 Å². The first-order valence-corrected chi connectivity index (χ1v) is 12.7. The molecule has 9 heteroatoms. The van der Waals surface area contributed by atoms with Crippen LogP contribution in [0.4, 0.5) is 20.4 Å². The number of rotatable bonds is 5. The molecule has 2 aliphatic heterocycles. The van der Waals surface area contributed by atoms with E-state index in [0.717, 1.165) is 54.8 Å². The fraction of sp³-hybridized carbons (Fsp3) is 0.357. The van der Waals surface area contributed by atoms with Crippen molar-refractivity contribution in [2.75, 3.05) is 49.1 Å². The summed E-state index contributed by atoms with van der Waals surface area (Å²) in [5.41, 5.74) is 2.85. The predicted molar refractivity (Wildman–Crippen MR) is 139 cm³/mol. The van der Waals surface area contributed by atoms with Crippen LogP contribution in [-0.2, 0) is 6.42 Å². The maximum atomic E-state index is 15.0. The standard InChI is InChI=1S/C28H29F2N5O2/c1-17(2)35-9-10-36-28-21(29)13-20(14-23(28)35)27-22(30)16-32-25(33-27)12-18-3-4-24-19(11-18)15-26(37-24)34-7-5-31-6-8-34/h3-4,11,13-17,31H,5-10,12H2,1-2H3. The van der Waals surface area contributed by atoms with E-state index in [4.69, 9.17) is 9.15 Å². The van der Waals surface area contributed by atoms with E-state index >= 15 is 0 Å². The number of hydrogen-bond donors (Lipinski definition) is 1. The zero-order valence-electron chi connectivity index (χ0n) is 20.9. The second-order valence-corrected chi connectivity index (χ2v) is 9.80. The molecule has 0 amide bonds. The van der Waals surface area contributed by atoms with Crippen molar-refractivity contribution in [1.82, 2.24) is 15.3 Å². The average Bonchev–Trinajstić information content (AvgIpc) is 3.33. The molecule has 7 nitrogen and oxygen atoms in total. The molecule has 0 unspecified atom stereocenters. The Bertz CT molecular complexity index is 1450. The highest BCUT2D eigenvalue weighted by Gasteiger charge is 2.26. The topological polar surface area (TPSA) is 66.7 Å². The average molecular weight is 506 g/mol. The largest absolute Gasteiger partial charge is 0.486 e. The van der Waals surface area contributed by atoms with Crippen molar-refractivity contribution in [3.05, 3.63) is 65.6 Å². The molecule has 0 aliphatic carbocycles. The van der Waals surface area contributed by atoms with E-state index in [1.54, 1.807) is 6.07 Å². The highest BCUT2D eigenvalue weighted by molar-refractivity contribution is 5.82. The van der Waals surface area contributed by atoms with Crippen LogP contribution in [-0.4, -0.2) is 55.3 Å². The molecule has 1 N–H and O–H groups in total. The van der Waals surface area contributed by atoms with E-state index in [-0.39, 0.29) is 17.5 Å². The summed E-state index contributed by atoms with van der Waals surface area (Å²) in [6, 6.07) is 11.2. The van der Waals surface area contributed by atoms with Crippen molar-refractivity contribution in [2.45, 2.75) is 26.3 Å². The lowest BCUT2D eigenvalue weighted by Gasteiger charge is -2.34. The van der Waals surface area contributed by atoms with Crippen LogP contribution in [0.1, 0.15) is 25.2 Å². The quantitative estimate of drug-likeness (QED) is 0.419. The Labute approximate surface area is 214 Å². The van der Waals surface area contributed by atoms with Crippen LogP contribution in [0.15, 0.2) is 47.0 Å². The zero-order chi connectivity index (χ0) is 25.5. The summed E-state index contributed by atoms with van der Waals surface area (Å²) in [4.78, 5) is 13.0. The molecule has 0 radical (unpaired) electrons. The minimum absolute atomic E-state index is 0.0753. The third kappa shape index (κ3) is 4.59. The molecule has 6 rings (SSSR count). The maximum Gasteiger partial charge on any atom is 0.196 e. The van der Waals surface area contributed by atoms with Gasteiger partial charge in [0, 0.05) is 55.7 Å². The summed E-state index contributed by atoms with van der Waals surface area (Å²) in [6.07, 6.45) is 1.57. The Kier molecular flexibility index (Phi) is 6.16. The number of anilines is 2. The van der Waals surface area contributed by atoms with Crippen LogP contribution >= 0.6 is 0 Å². The Hall–Kier alpha value is -3.72. The van der Waals surface area contributed by atoms with E-state index in [1.807, 2.05) is 32.0 Å². The van der Waals surface area contributed by atoms with Crippen LogP contribution in [0, 0.1) is 11.6 Å². The monoisotopic (exact) mass is 505 g/mol. The minimum atomic E-state index is -0.595. The molecule has 2 aromatic heterocycles. The minimum Gasteiger partial charge on any atom is -0.486 e. The highest BCUT2D eigenvalue weighted by Crippen LogP contribution is 2.39. The SMILES string of the molecule is CC(C)N1CCOc2c(F)cc(-c3nc(Cc4ccc5oc(N6CCNCC6)cc5c4)ncc3F)cc21. The second kappa shape index (κ2) is 9.63. The van der Waals surface area contributed by atoms with Gasteiger partial charge in [-0.25, -0.2) is 18.7 Å². The van der Waals surface area contributed by atoms with Gasteiger partial charge in [0.05, 0.1) is 18.4 Å². The van der Waals surface area contributed by atoms with Gasteiger partial charge in [-0.1, -0.05) is 6.07 Å². The van der Waals surface area contributed by atoms with Gasteiger partial charge in [-0.2, -0.15) is 0 Å². The summed E-state index contributed by atoms with van der Waals surface area (Å²) < 4.78 is 41.5. The molecule has 192 valence electrons. The van der Waals surface area contributed by atoms with Crippen LogP contribution in [0.5, 0.6) is 5.75 Å². The van der Waals surface area contributed by atoms with Gasteiger partial charge in [-0.15, -0.1) is 0 Å². The summed E-state index contributed by atoms with van der Waals surface area (Å²) >= 11 is 0. The van der Waals surface area contributed by atoms with E-state index in [9.17, 15) is 8.78 Å². The van der Waals surface area contributed by atoms with Gasteiger partial charge >= 0.3 is 0 Å². The number of nitrogens with zero attached hydrogens (tertiary/aromatic N) is 4. The third-order valence-electron chi connectivity index (χ3n) is 6.96. The molecule has 1 fully saturated rings. The number of halogens is 2. The van der Waals surface area contributed by atoms with Crippen LogP contribution < -0.4 is 19.9 Å². The normalized spacial score (nSPS) is 15.8. The summed E-state index contributed by atoms with van der Waals surface area (Å²) in [6.45, 7) is 8.79. The van der Waals surface area contributed by atoms with Gasteiger partial charge in [-0.05, 0) is 43.7 Å². The lowest BCUT2D eigenvalue weighted by molar-refractivity contribution is 0.287. The Morgan fingerprint density at radius 2 is 1.86 bits per heavy atom. The van der Waals surface area contributed by atoms with Crippen molar-refractivity contribution in [1.29, 1.82) is 0 Å². The molecule has 2 aromatic carbocycles. The van der Waals surface area contributed by atoms with E-state index in [1.165, 1.54) is 6.07 Å². The molecule has 4 heterocycles. The molecule has 2 aliphatic rings. The van der Waals surface area contributed by atoms with Crippen LogP contribution in [0.3, 0.4) is 0 Å². The first-order valence-electron chi connectivity index (χ1n) is 12.7. The Morgan fingerprint density at radius 3 is 2.68 bits per heavy atom. The molecule has 0 saturated carbocycles. The predicted octanol–water partition coefficient (Wildman–Crippen LogP) is 4.78. The lowest BCUT2D eigenvalue weighted by Crippen LogP contribution is -2.43. The first kappa shape index (κ1) is 23.7. The highest BCUT2D eigenvalue weighted by atomic mass is 19.1. The van der Waals surface area contributed by atoms with Gasteiger partial charge in [0.1, 0.15) is 23.7 Å². The molecular weight excluding hydrogens is 476 g/mol. The van der Waals surface area contributed by atoms with Gasteiger partial charge in [0.2, 0.25) is 0 Å². The zero-order valence-corrected chi connectivity index (χ0v) is 20.9. The third-order valence-corrected chi connectivity index (χ3v) is 6.96. The van der Waals surface area contributed by atoms with Crippen LogP contribution in [0.25, 0.3) is 22.2 Å². The molecule has 4 aromatic rings. The Balaban J connectivity index is 1.30. The van der Waals surface area contributed by atoms with Crippen molar-refractivity contribution < 1.29 is 17.9 Å². The molecule has 1 saturated heterocycles. The number of fused-ring (bicyclic) bond motifs is 2.